The van der Waals surface area contributed by atoms with Crippen LogP contribution in [0.4, 0.5) is 0 Å². The second kappa shape index (κ2) is 8.15. The lowest BCUT2D eigenvalue weighted by molar-refractivity contribution is -0.133. The van der Waals surface area contributed by atoms with E-state index in [-0.39, 0.29) is 18.5 Å². The molecule has 1 heterocycles. The maximum atomic E-state index is 12.0. The van der Waals surface area contributed by atoms with Gasteiger partial charge < -0.3 is 15.1 Å². The predicted octanol–water partition coefficient (Wildman–Crippen LogP) is 0.701. The van der Waals surface area contributed by atoms with Crippen molar-refractivity contribution in [1.82, 2.24) is 15.1 Å². The van der Waals surface area contributed by atoms with Crippen LogP contribution in [0.1, 0.15) is 33.1 Å². The number of rotatable bonds is 7. The van der Waals surface area contributed by atoms with Crippen molar-refractivity contribution < 1.29 is 9.59 Å². The Hall–Kier alpha value is -1.10. The molecule has 2 amide bonds. The van der Waals surface area contributed by atoms with Crippen LogP contribution in [0.25, 0.3) is 0 Å². The lowest BCUT2D eigenvalue weighted by Gasteiger charge is -2.37. The van der Waals surface area contributed by atoms with Crippen molar-refractivity contribution in [3.63, 3.8) is 0 Å². The van der Waals surface area contributed by atoms with Gasteiger partial charge in [-0.3, -0.25) is 9.59 Å². The molecule has 1 N–H and O–H groups in total. The van der Waals surface area contributed by atoms with E-state index in [4.69, 9.17) is 0 Å². The first kappa shape index (κ1) is 16.0. The Balaban J connectivity index is 2.54. The fourth-order valence-electron chi connectivity index (χ4n) is 2.63. The number of carbonyl (C=O) groups is 2. The molecular weight excluding hydrogens is 242 g/mol. The molecule has 0 spiro atoms. The quantitative estimate of drug-likeness (QED) is 0.692. The highest BCUT2D eigenvalue weighted by atomic mass is 16.2. The van der Waals surface area contributed by atoms with Crippen LogP contribution >= 0.6 is 0 Å². The normalized spacial score (nSPS) is 18.1. The molecule has 0 aromatic heterocycles. The van der Waals surface area contributed by atoms with Gasteiger partial charge in [-0.25, -0.2) is 0 Å². The minimum absolute atomic E-state index is 0.0252. The van der Waals surface area contributed by atoms with Gasteiger partial charge in [0.15, 0.2) is 0 Å². The van der Waals surface area contributed by atoms with Gasteiger partial charge in [0, 0.05) is 19.6 Å². The van der Waals surface area contributed by atoms with Gasteiger partial charge in [0.2, 0.25) is 12.3 Å². The molecule has 0 saturated carbocycles. The van der Waals surface area contributed by atoms with Gasteiger partial charge in [0.1, 0.15) is 0 Å². The summed E-state index contributed by atoms with van der Waals surface area (Å²) in [6.07, 6.45) is 4.41. The monoisotopic (exact) mass is 269 g/mol. The number of nitrogens with one attached hydrogen (secondary N) is 1. The SMILES string of the molecule is CC(C)[C@@H](CN1CCCCC1)N(C)C(=O)CNC=O. The summed E-state index contributed by atoms with van der Waals surface area (Å²) < 4.78 is 0. The fourth-order valence-corrected chi connectivity index (χ4v) is 2.63. The molecule has 5 heteroatoms. The zero-order valence-corrected chi connectivity index (χ0v) is 12.4. The summed E-state index contributed by atoms with van der Waals surface area (Å²) in [5, 5.41) is 2.44. The van der Waals surface area contributed by atoms with E-state index < -0.39 is 0 Å². The number of likely N-dealkylation sites (N-methyl/N-ethyl adjacent to an activating group) is 1. The molecule has 1 aliphatic rings. The Morgan fingerprint density at radius 1 is 1.32 bits per heavy atom. The first-order chi connectivity index (χ1) is 9.06. The first-order valence-electron chi connectivity index (χ1n) is 7.21. The fraction of sp³-hybridized carbons (Fsp3) is 0.857. The van der Waals surface area contributed by atoms with E-state index in [2.05, 4.69) is 24.1 Å². The summed E-state index contributed by atoms with van der Waals surface area (Å²) in [5.41, 5.74) is 0. The van der Waals surface area contributed by atoms with Crippen LogP contribution in [0.2, 0.25) is 0 Å². The van der Waals surface area contributed by atoms with Gasteiger partial charge in [0.25, 0.3) is 0 Å². The zero-order valence-electron chi connectivity index (χ0n) is 12.4. The van der Waals surface area contributed by atoms with Crippen molar-refractivity contribution in [2.24, 2.45) is 5.92 Å². The van der Waals surface area contributed by atoms with Crippen LogP contribution < -0.4 is 5.32 Å². The Labute approximate surface area is 116 Å². The van der Waals surface area contributed by atoms with Crippen molar-refractivity contribution >= 4 is 12.3 Å². The number of hydrogen-bond donors (Lipinski definition) is 1. The second-order valence-electron chi connectivity index (χ2n) is 5.68. The summed E-state index contributed by atoms with van der Waals surface area (Å²) in [6.45, 7) is 7.58. The van der Waals surface area contributed by atoms with E-state index in [1.165, 1.54) is 19.3 Å². The van der Waals surface area contributed by atoms with Crippen LogP contribution in [0, 0.1) is 5.92 Å². The highest BCUT2D eigenvalue weighted by molar-refractivity contribution is 5.80. The van der Waals surface area contributed by atoms with E-state index in [0.717, 1.165) is 19.6 Å². The lowest BCUT2D eigenvalue weighted by Crippen LogP contribution is -2.50. The van der Waals surface area contributed by atoms with Crippen LogP contribution in [-0.2, 0) is 9.59 Å². The molecule has 0 unspecified atom stereocenters. The van der Waals surface area contributed by atoms with E-state index in [0.29, 0.717) is 12.3 Å². The minimum atomic E-state index is -0.0252. The Morgan fingerprint density at radius 3 is 2.47 bits per heavy atom. The predicted molar refractivity (Wildman–Crippen MR) is 75.8 cm³/mol. The Morgan fingerprint density at radius 2 is 1.95 bits per heavy atom. The highest BCUT2D eigenvalue weighted by Gasteiger charge is 2.25. The Bertz CT molecular complexity index is 288. The van der Waals surface area contributed by atoms with Crippen LogP contribution in [0.15, 0.2) is 0 Å². The van der Waals surface area contributed by atoms with E-state index in [1.807, 2.05) is 7.05 Å². The standard InChI is InChI=1S/C14H27N3O2/c1-12(2)13(10-17-7-5-4-6-8-17)16(3)14(19)9-15-11-18/h11-13H,4-10H2,1-3H3,(H,15,18)/t13-/m1/s1. The van der Waals surface area contributed by atoms with Gasteiger partial charge in [-0.2, -0.15) is 0 Å². The number of hydrogen-bond acceptors (Lipinski definition) is 3. The number of nitrogens with zero attached hydrogens (tertiary/aromatic N) is 2. The molecule has 1 atom stereocenters. The van der Waals surface area contributed by atoms with E-state index in [9.17, 15) is 9.59 Å². The van der Waals surface area contributed by atoms with Crippen molar-refractivity contribution in [2.75, 3.05) is 33.2 Å². The van der Waals surface area contributed by atoms with Gasteiger partial charge >= 0.3 is 0 Å². The number of piperidine rings is 1. The maximum absolute atomic E-state index is 12.0. The molecule has 1 saturated heterocycles. The third-order valence-electron chi connectivity index (χ3n) is 3.89. The number of carbonyl (C=O) groups excluding carboxylic acids is 2. The highest BCUT2D eigenvalue weighted by Crippen LogP contribution is 2.15. The van der Waals surface area contributed by atoms with E-state index >= 15 is 0 Å². The summed E-state index contributed by atoms with van der Waals surface area (Å²) in [6, 6.07) is 0.207. The number of amides is 2. The van der Waals surface area contributed by atoms with Crippen LogP contribution in [-0.4, -0.2) is 61.4 Å². The summed E-state index contributed by atoms with van der Waals surface area (Å²) in [4.78, 5) is 26.5. The molecule has 0 aromatic carbocycles. The maximum Gasteiger partial charge on any atom is 0.241 e. The summed E-state index contributed by atoms with van der Waals surface area (Å²) >= 11 is 0. The van der Waals surface area contributed by atoms with Crippen molar-refractivity contribution in [3.05, 3.63) is 0 Å². The molecule has 110 valence electrons. The average Bonchev–Trinajstić information content (AvgIpc) is 2.42. The third-order valence-corrected chi connectivity index (χ3v) is 3.89. The van der Waals surface area contributed by atoms with Crippen molar-refractivity contribution in [2.45, 2.75) is 39.2 Å². The molecule has 1 rings (SSSR count). The molecule has 5 nitrogen and oxygen atoms in total. The smallest absolute Gasteiger partial charge is 0.241 e. The van der Waals surface area contributed by atoms with Crippen molar-refractivity contribution in [3.8, 4) is 0 Å². The third kappa shape index (κ3) is 5.19. The lowest BCUT2D eigenvalue weighted by atomic mass is 10.0. The first-order valence-corrected chi connectivity index (χ1v) is 7.21. The second-order valence-corrected chi connectivity index (χ2v) is 5.68. The van der Waals surface area contributed by atoms with Gasteiger partial charge in [-0.05, 0) is 31.8 Å². The van der Waals surface area contributed by atoms with Crippen LogP contribution in [0.5, 0.6) is 0 Å². The molecular formula is C14H27N3O2. The summed E-state index contributed by atoms with van der Waals surface area (Å²) in [7, 11) is 1.84. The molecule has 0 aliphatic carbocycles. The van der Waals surface area contributed by atoms with Crippen molar-refractivity contribution in [1.29, 1.82) is 0 Å². The van der Waals surface area contributed by atoms with Gasteiger partial charge in [-0.15, -0.1) is 0 Å². The average molecular weight is 269 g/mol. The Kier molecular flexibility index (Phi) is 6.84. The molecule has 0 radical (unpaired) electrons. The van der Waals surface area contributed by atoms with Gasteiger partial charge in [0.05, 0.1) is 6.54 Å². The molecule has 19 heavy (non-hydrogen) atoms. The summed E-state index contributed by atoms with van der Waals surface area (Å²) in [5.74, 6) is 0.384. The largest absolute Gasteiger partial charge is 0.350 e. The molecule has 1 aliphatic heterocycles. The van der Waals surface area contributed by atoms with E-state index in [1.54, 1.807) is 4.90 Å². The minimum Gasteiger partial charge on any atom is -0.350 e. The zero-order chi connectivity index (χ0) is 14.3. The van der Waals surface area contributed by atoms with Gasteiger partial charge in [-0.1, -0.05) is 20.3 Å². The topological polar surface area (TPSA) is 52.6 Å². The molecule has 1 fully saturated rings. The van der Waals surface area contributed by atoms with Crippen LogP contribution in [0.3, 0.4) is 0 Å². The molecule has 0 aromatic rings. The number of likely N-dealkylation sites (tertiary alicyclic amines) is 1. The molecule has 0 bridgehead atoms.